The minimum atomic E-state index is -0.859. The number of methoxy groups -OCH3 is 2. The Kier molecular flexibility index (Phi) is 8.78. The summed E-state index contributed by atoms with van der Waals surface area (Å²) in [4.78, 5) is 46.5. The van der Waals surface area contributed by atoms with Gasteiger partial charge in [-0.15, -0.1) is 0 Å². The maximum atomic E-state index is 13.9. The maximum absolute atomic E-state index is 13.9. The van der Waals surface area contributed by atoms with Crippen LogP contribution in [0.25, 0.3) is 0 Å². The van der Waals surface area contributed by atoms with Gasteiger partial charge in [-0.2, -0.15) is 0 Å². The van der Waals surface area contributed by atoms with Crippen LogP contribution >= 0.6 is 11.6 Å². The lowest BCUT2D eigenvalue weighted by molar-refractivity contribution is -0.142. The van der Waals surface area contributed by atoms with Crippen molar-refractivity contribution in [1.82, 2.24) is 10.2 Å². The summed E-state index contributed by atoms with van der Waals surface area (Å²) >= 11 is 6.37. The molecule has 1 aromatic rings. The predicted octanol–water partition coefficient (Wildman–Crippen LogP) is 4.52. The van der Waals surface area contributed by atoms with Gasteiger partial charge in [-0.3, -0.25) is 9.59 Å². The largest absolute Gasteiger partial charge is 0.496 e. The maximum Gasteiger partial charge on any atom is 0.246 e. The third kappa shape index (κ3) is 6.34. The van der Waals surface area contributed by atoms with E-state index < -0.39 is 23.1 Å². The fourth-order valence-electron chi connectivity index (χ4n) is 5.98. The summed E-state index contributed by atoms with van der Waals surface area (Å²) in [6, 6.07) is 1.95. The first kappa shape index (κ1) is 29.2. The highest BCUT2D eigenvalue weighted by Crippen LogP contribution is 2.42. The van der Waals surface area contributed by atoms with E-state index in [-0.39, 0.29) is 18.4 Å². The van der Waals surface area contributed by atoms with Gasteiger partial charge in [0.25, 0.3) is 0 Å². The van der Waals surface area contributed by atoms with Gasteiger partial charge in [-0.05, 0) is 30.2 Å². The standard InChI is InChI=1S/C29H40ClN3O6/c1-28(2,3)26(31-25(35)11-18-9-7-6-8-10-18)27(36)33-17-29(14-19(33)16-34)15-22(32-39-29)20-12-21(30)24(38-5)13-23(20)37-4/h12-13,16,18-19,26H,6-11,14-15,17H2,1-5H3,(H,31,35)/t19-,26+,29-/m0/s1. The van der Waals surface area contributed by atoms with Crippen LogP contribution in [0.4, 0.5) is 0 Å². The molecule has 1 aromatic carbocycles. The third-order valence-corrected chi connectivity index (χ3v) is 8.42. The Morgan fingerprint density at radius 1 is 1.21 bits per heavy atom. The summed E-state index contributed by atoms with van der Waals surface area (Å²) in [5.41, 5.74) is -0.130. The molecule has 2 heterocycles. The van der Waals surface area contributed by atoms with Crippen LogP contribution in [-0.2, 0) is 19.2 Å². The minimum Gasteiger partial charge on any atom is -0.496 e. The van der Waals surface area contributed by atoms with E-state index in [0.29, 0.717) is 53.0 Å². The Hall–Kier alpha value is -2.81. The van der Waals surface area contributed by atoms with Crippen molar-refractivity contribution >= 4 is 35.4 Å². The van der Waals surface area contributed by atoms with Crippen LogP contribution in [-0.4, -0.2) is 67.2 Å². The average Bonchev–Trinajstić information content (AvgIpc) is 3.49. The Bertz CT molecular complexity index is 1130. The highest BCUT2D eigenvalue weighted by Gasteiger charge is 2.53. The van der Waals surface area contributed by atoms with Crippen molar-refractivity contribution in [2.24, 2.45) is 16.5 Å². The quantitative estimate of drug-likeness (QED) is 0.468. The molecule has 1 spiro atoms. The van der Waals surface area contributed by atoms with E-state index >= 15 is 0 Å². The van der Waals surface area contributed by atoms with Crippen LogP contribution in [0.5, 0.6) is 11.5 Å². The van der Waals surface area contributed by atoms with Gasteiger partial charge in [0.15, 0.2) is 5.60 Å². The fourth-order valence-corrected chi connectivity index (χ4v) is 6.22. The first-order chi connectivity index (χ1) is 18.5. The Labute approximate surface area is 235 Å². The van der Waals surface area contributed by atoms with Crippen molar-refractivity contribution in [2.45, 2.75) is 89.8 Å². The Morgan fingerprint density at radius 3 is 2.51 bits per heavy atom. The van der Waals surface area contributed by atoms with Crippen molar-refractivity contribution in [1.29, 1.82) is 0 Å². The highest BCUT2D eigenvalue weighted by molar-refractivity contribution is 6.32. The molecule has 10 heteroatoms. The van der Waals surface area contributed by atoms with Gasteiger partial charge in [0.2, 0.25) is 11.8 Å². The molecular formula is C29H40ClN3O6. The molecule has 1 aliphatic carbocycles. The second-order valence-electron chi connectivity index (χ2n) is 12.1. The van der Waals surface area contributed by atoms with Gasteiger partial charge < -0.3 is 29.3 Å². The van der Waals surface area contributed by atoms with Crippen LogP contribution < -0.4 is 14.8 Å². The molecule has 214 valence electrons. The molecule has 0 bridgehead atoms. The molecule has 3 atom stereocenters. The van der Waals surface area contributed by atoms with E-state index in [1.54, 1.807) is 24.1 Å². The van der Waals surface area contributed by atoms with Gasteiger partial charge in [0.05, 0.1) is 37.5 Å². The summed E-state index contributed by atoms with van der Waals surface area (Å²) in [5, 5.41) is 7.75. The smallest absolute Gasteiger partial charge is 0.246 e. The lowest BCUT2D eigenvalue weighted by Crippen LogP contribution is -2.56. The number of nitrogens with one attached hydrogen (secondary N) is 1. The highest BCUT2D eigenvalue weighted by atomic mass is 35.5. The number of aldehydes is 1. The summed E-state index contributed by atoms with van der Waals surface area (Å²) in [6.07, 6.45) is 7.49. The van der Waals surface area contributed by atoms with Gasteiger partial charge in [0.1, 0.15) is 23.8 Å². The summed E-state index contributed by atoms with van der Waals surface area (Å²) in [5.74, 6) is 0.970. The van der Waals surface area contributed by atoms with Crippen molar-refractivity contribution in [3.05, 3.63) is 22.7 Å². The second-order valence-corrected chi connectivity index (χ2v) is 12.5. The number of carbonyl (C=O) groups is 3. The van der Waals surface area contributed by atoms with Crippen molar-refractivity contribution in [3.63, 3.8) is 0 Å². The molecular weight excluding hydrogens is 522 g/mol. The van der Waals surface area contributed by atoms with E-state index in [1.807, 2.05) is 20.8 Å². The van der Waals surface area contributed by atoms with Crippen molar-refractivity contribution < 1.29 is 28.7 Å². The predicted molar refractivity (Wildman–Crippen MR) is 148 cm³/mol. The zero-order chi connectivity index (χ0) is 28.4. The molecule has 3 aliphatic rings. The number of ether oxygens (including phenoxy) is 2. The molecule has 9 nitrogen and oxygen atoms in total. The number of oxime groups is 1. The van der Waals surface area contributed by atoms with Crippen LogP contribution in [0.15, 0.2) is 17.3 Å². The molecule has 4 rings (SSSR count). The van der Waals surface area contributed by atoms with Crippen LogP contribution in [0.2, 0.25) is 5.02 Å². The van der Waals surface area contributed by atoms with Crippen LogP contribution in [0.1, 0.15) is 77.7 Å². The fraction of sp³-hybridized carbons (Fsp3) is 0.655. The molecule has 39 heavy (non-hydrogen) atoms. The minimum absolute atomic E-state index is 0.113. The number of likely N-dealkylation sites (tertiary alicyclic amines) is 1. The Morgan fingerprint density at radius 2 is 1.90 bits per heavy atom. The molecule has 0 aromatic heterocycles. The number of amides is 2. The lowest BCUT2D eigenvalue weighted by atomic mass is 9.84. The third-order valence-electron chi connectivity index (χ3n) is 8.12. The summed E-state index contributed by atoms with van der Waals surface area (Å²) in [7, 11) is 3.07. The second kappa shape index (κ2) is 11.7. The van der Waals surface area contributed by atoms with Gasteiger partial charge in [-0.1, -0.05) is 56.8 Å². The first-order valence-corrected chi connectivity index (χ1v) is 14.1. The number of nitrogens with zero attached hydrogens (tertiary/aromatic N) is 2. The van der Waals surface area contributed by atoms with Gasteiger partial charge in [-0.25, -0.2) is 0 Å². The van der Waals surface area contributed by atoms with E-state index in [4.69, 9.17) is 25.9 Å². The number of hydrogen-bond donors (Lipinski definition) is 1. The number of hydrogen-bond acceptors (Lipinski definition) is 7. The van der Waals surface area contributed by atoms with Crippen molar-refractivity contribution in [3.8, 4) is 11.5 Å². The lowest BCUT2D eigenvalue weighted by Gasteiger charge is -2.35. The molecule has 1 N–H and O–H groups in total. The average molecular weight is 562 g/mol. The molecule has 2 aliphatic heterocycles. The number of rotatable bonds is 8. The molecule has 1 saturated carbocycles. The zero-order valence-electron chi connectivity index (χ0n) is 23.5. The number of benzene rings is 1. The number of carbonyl (C=O) groups excluding carboxylic acids is 3. The molecule has 1 saturated heterocycles. The zero-order valence-corrected chi connectivity index (χ0v) is 24.3. The molecule has 0 radical (unpaired) electrons. The Balaban J connectivity index is 1.50. The normalized spacial score (nSPS) is 24.2. The molecule has 2 fully saturated rings. The van der Waals surface area contributed by atoms with Crippen molar-refractivity contribution in [2.75, 3.05) is 20.8 Å². The van der Waals surface area contributed by atoms with E-state index in [1.165, 1.54) is 13.5 Å². The monoisotopic (exact) mass is 561 g/mol. The topological polar surface area (TPSA) is 107 Å². The first-order valence-electron chi connectivity index (χ1n) is 13.7. The summed E-state index contributed by atoms with van der Waals surface area (Å²) < 4.78 is 10.8. The molecule has 0 unspecified atom stereocenters. The number of halogens is 1. The van der Waals surface area contributed by atoms with Gasteiger partial charge in [0, 0.05) is 30.9 Å². The van der Waals surface area contributed by atoms with Gasteiger partial charge >= 0.3 is 0 Å². The molecule has 2 amide bonds. The summed E-state index contributed by atoms with van der Waals surface area (Å²) in [6.45, 7) is 5.95. The van der Waals surface area contributed by atoms with Crippen LogP contribution in [0, 0.1) is 11.3 Å². The van der Waals surface area contributed by atoms with E-state index in [9.17, 15) is 14.4 Å². The SMILES string of the molecule is COc1cc(OC)c(C2=NO[C@]3(C2)C[C@@H](C=O)N(C(=O)[C@@H](NC(=O)CC2CCCCC2)C(C)(C)C)C3)cc1Cl. The van der Waals surface area contributed by atoms with E-state index in [2.05, 4.69) is 10.5 Å². The van der Waals surface area contributed by atoms with E-state index in [0.717, 1.165) is 32.0 Å². The van der Waals surface area contributed by atoms with Crippen LogP contribution in [0.3, 0.4) is 0 Å².